The third-order valence-electron chi connectivity index (χ3n) is 3.70. The maximum atomic E-state index is 13.9. The Morgan fingerprint density at radius 2 is 2.20 bits per heavy atom. The quantitative estimate of drug-likeness (QED) is 0.866. The fourth-order valence-corrected chi connectivity index (χ4v) is 2.46. The Hall–Kier alpha value is -1.69. The number of nitrogens with one attached hydrogen (secondary N) is 1. The van der Waals surface area contributed by atoms with Gasteiger partial charge < -0.3 is 10.4 Å². The van der Waals surface area contributed by atoms with E-state index in [0.717, 1.165) is 19.2 Å². The fraction of sp³-hybridized carbons (Fsp3) is 0.571. The Kier molecular flexibility index (Phi) is 4.89. The minimum atomic E-state index is -1.28. The number of aromatic carboxylic acids is 1. The van der Waals surface area contributed by atoms with Gasteiger partial charge in [0.05, 0.1) is 0 Å². The predicted octanol–water partition coefficient (Wildman–Crippen LogP) is 2.21. The van der Waals surface area contributed by atoms with E-state index >= 15 is 0 Å². The summed E-state index contributed by atoms with van der Waals surface area (Å²) in [5.74, 6) is -2.07. The highest BCUT2D eigenvalue weighted by Gasteiger charge is 2.18. The second-order valence-electron chi connectivity index (χ2n) is 5.15. The van der Waals surface area contributed by atoms with E-state index in [4.69, 9.17) is 5.11 Å². The molecule has 0 aromatic carbocycles. The Labute approximate surface area is 117 Å². The fourth-order valence-electron chi connectivity index (χ4n) is 2.46. The normalized spacial score (nSPS) is 17.7. The smallest absolute Gasteiger partial charge is 0.338 e. The van der Waals surface area contributed by atoms with Gasteiger partial charge in [0.1, 0.15) is 5.56 Å². The third-order valence-corrected chi connectivity index (χ3v) is 3.70. The first-order valence-electron chi connectivity index (χ1n) is 6.95. The summed E-state index contributed by atoms with van der Waals surface area (Å²) in [6.07, 6.45) is 4.98. The highest BCUT2D eigenvalue weighted by atomic mass is 19.1. The van der Waals surface area contributed by atoms with Gasteiger partial charge in [-0.25, -0.2) is 14.2 Å². The van der Waals surface area contributed by atoms with Crippen LogP contribution in [0.3, 0.4) is 0 Å². The monoisotopic (exact) mass is 281 g/mol. The molecule has 110 valence electrons. The Morgan fingerprint density at radius 3 is 2.85 bits per heavy atom. The number of likely N-dealkylation sites (tertiary alicyclic amines) is 1. The molecule has 1 unspecified atom stereocenters. The highest BCUT2D eigenvalue weighted by Crippen LogP contribution is 2.16. The maximum absolute atomic E-state index is 13.9. The van der Waals surface area contributed by atoms with Crippen molar-refractivity contribution in [3.8, 4) is 0 Å². The van der Waals surface area contributed by atoms with Crippen LogP contribution in [0.25, 0.3) is 0 Å². The van der Waals surface area contributed by atoms with Gasteiger partial charge in [0.25, 0.3) is 0 Å². The van der Waals surface area contributed by atoms with Gasteiger partial charge in [0.2, 0.25) is 0 Å². The molecule has 0 spiro atoms. The molecule has 1 aromatic heterocycles. The van der Waals surface area contributed by atoms with Crippen molar-refractivity contribution in [1.29, 1.82) is 0 Å². The number of rotatable bonds is 5. The van der Waals surface area contributed by atoms with Gasteiger partial charge >= 0.3 is 5.97 Å². The minimum absolute atomic E-state index is 0.00811. The molecule has 0 amide bonds. The standard InChI is InChI=1S/C14H20FN3O2/c1-10(18-7-3-2-4-8-18)9-17-13-12(15)11(14(19)20)5-6-16-13/h5-6,10H,2-4,7-9H2,1H3,(H,16,17)(H,19,20). The van der Waals surface area contributed by atoms with Crippen molar-refractivity contribution in [1.82, 2.24) is 9.88 Å². The van der Waals surface area contributed by atoms with E-state index in [9.17, 15) is 9.18 Å². The van der Waals surface area contributed by atoms with Crippen LogP contribution in [-0.4, -0.2) is 46.6 Å². The number of carboxylic acid groups (broad SMARTS) is 1. The van der Waals surface area contributed by atoms with Crippen molar-refractivity contribution < 1.29 is 14.3 Å². The summed E-state index contributed by atoms with van der Waals surface area (Å²) in [6.45, 7) is 4.76. The number of piperidine rings is 1. The number of hydrogen-bond acceptors (Lipinski definition) is 4. The van der Waals surface area contributed by atoms with E-state index < -0.39 is 11.8 Å². The predicted molar refractivity (Wildman–Crippen MR) is 74.5 cm³/mol. The molecule has 1 atom stereocenters. The molecular weight excluding hydrogens is 261 g/mol. The maximum Gasteiger partial charge on any atom is 0.338 e. The molecule has 6 heteroatoms. The van der Waals surface area contributed by atoms with E-state index in [1.807, 2.05) is 0 Å². The second-order valence-corrected chi connectivity index (χ2v) is 5.15. The van der Waals surface area contributed by atoms with Gasteiger partial charge in [-0.1, -0.05) is 6.42 Å². The first kappa shape index (κ1) is 14.7. The first-order chi connectivity index (χ1) is 9.59. The number of pyridine rings is 1. The number of hydrogen-bond donors (Lipinski definition) is 2. The average molecular weight is 281 g/mol. The van der Waals surface area contributed by atoms with E-state index in [1.165, 1.54) is 25.5 Å². The minimum Gasteiger partial charge on any atom is -0.478 e. The zero-order chi connectivity index (χ0) is 14.5. The molecule has 20 heavy (non-hydrogen) atoms. The van der Waals surface area contributed by atoms with Crippen LogP contribution < -0.4 is 5.32 Å². The number of nitrogens with zero attached hydrogens (tertiary/aromatic N) is 2. The van der Waals surface area contributed by atoms with Crippen molar-refractivity contribution in [2.45, 2.75) is 32.2 Å². The third kappa shape index (κ3) is 3.45. The molecule has 0 saturated carbocycles. The van der Waals surface area contributed by atoms with E-state index in [1.54, 1.807) is 0 Å². The molecule has 1 saturated heterocycles. The Balaban J connectivity index is 1.96. The van der Waals surface area contributed by atoms with Gasteiger partial charge in [-0.2, -0.15) is 0 Å². The Morgan fingerprint density at radius 1 is 1.50 bits per heavy atom. The van der Waals surface area contributed by atoms with E-state index in [0.29, 0.717) is 6.54 Å². The van der Waals surface area contributed by atoms with Gasteiger partial charge in [0.15, 0.2) is 11.6 Å². The largest absolute Gasteiger partial charge is 0.478 e. The molecule has 0 radical (unpaired) electrons. The number of aromatic nitrogens is 1. The molecule has 1 fully saturated rings. The first-order valence-corrected chi connectivity index (χ1v) is 6.95. The molecule has 2 rings (SSSR count). The van der Waals surface area contributed by atoms with Crippen molar-refractivity contribution in [2.75, 3.05) is 25.0 Å². The Bertz CT molecular complexity index is 475. The van der Waals surface area contributed by atoms with Crippen LogP contribution in [0.1, 0.15) is 36.5 Å². The summed E-state index contributed by atoms with van der Waals surface area (Å²) in [5, 5.41) is 11.8. The van der Waals surface area contributed by atoms with Crippen molar-refractivity contribution in [2.24, 2.45) is 0 Å². The zero-order valence-electron chi connectivity index (χ0n) is 11.6. The van der Waals surface area contributed by atoms with Crippen LogP contribution in [0.15, 0.2) is 12.3 Å². The summed E-state index contributed by atoms with van der Waals surface area (Å²) in [7, 11) is 0. The number of carbonyl (C=O) groups is 1. The van der Waals surface area contributed by atoms with Crippen LogP contribution in [0.2, 0.25) is 0 Å². The summed E-state index contributed by atoms with van der Waals surface area (Å²) < 4.78 is 13.9. The number of carboxylic acids is 1. The SMILES string of the molecule is CC(CNc1nccc(C(=O)O)c1F)N1CCCCC1. The topological polar surface area (TPSA) is 65.5 Å². The highest BCUT2D eigenvalue weighted by molar-refractivity contribution is 5.88. The summed E-state index contributed by atoms with van der Waals surface area (Å²) in [6, 6.07) is 1.43. The average Bonchev–Trinajstić information content (AvgIpc) is 2.46. The van der Waals surface area contributed by atoms with Gasteiger partial charge in [-0.15, -0.1) is 0 Å². The van der Waals surface area contributed by atoms with Crippen molar-refractivity contribution in [3.63, 3.8) is 0 Å². The van der Waals surface area contributed by atoms with Crippen molar-refractivity contribution in [3.05, 3.63) is 23.6 Å². The second kappa shape index (κ2) is 6.65. The molecule has 1 aliphatic rings. The summed E-state index contributed by atoms with van der Waals surface area (Å²) in [5.41, 5.74) is -0.354. The van der Waals surface area contributed by atoms with Gasteiger partial charge in [-0.3, -0.25) is 4.90 Å². The van der Waals surface area contributed by atoms with Crippen LogP contribution >= 0.6 is 0 Å². The lowest BCUT2D eigenvalue weighted by Crippen LogP contribution is -2.41. The lowest BCUT2D eigenvalue weighted by atomic mass is 10.1. The van der Waals surface area contributed by atoms with E-state index in [2.05, 4.69) is 22.1 Å². The lowest BCUT2D eigenvalue weighted by molar-refractivity contribution is 0.0692. The van der Waals surface area contributed by atoms with E-state index in [-0.39, 0.29) is 17.4 Å². The zero-order valence-corrected chi connectivity index (χ0v) is 11.6. The number of anilines is 1. The molecule has 5 nitrogen and oxygen atoms in total. The molecule has 2 N–H and O–H groups in total. The van der Waals surface area contributed by atoms with Crippen LogP contribution in [0.4, 0.5) is 10.2 Å². The van der Waals surface area contributed by atoms with Crippen LogP contribution in [-0.2, 0) is 0 Å². The molecule has 1 aliphatic heterocycles. The lowest BCUT2D eigenvalue weighted by Gasteiger charge is -2.32. The van der Waals surface area contributed by atoms with Crippen molar-refractivity contribution >= 4 is 11.8 Å². The number of halogens is 1. The summed E-state index contributed by atoms with van der Waals surface area (Å²) in [4.78, 5) is 17.1. The van der Waals surface area contributed by atoms with Gasteiger partial charge in [0, 0.05) is 18.8 Å². The molecule has 2 heterocycles. The van der Waals surface area contributed by atoms with Crippen LogP contribution in [0.5, 0.6) is 0 Å². The van der Waals surface area contributed by atoms with Gasteiger partial charge in [-0.05, 0) is 38.9 Å². The molecule has 1 aromatic rings. The molecule has 0 aliphatic carbocycles. The molecule has 0 bridgehead atoms. The summed E-state index contributed by atoms with van der Waals surface area (Å²) >= 11 is 0. The van der Waals surface area contributed by atoms with Crippen LogP contribution in [0, 0.1) is 5.82 Å². The molecular formula is C14H20FN3O2.